The second-order valence-electron chi connectivity index (χ2n) is 3.15. The largest absolute Gasteiger partial charge is 0.305 e. The first-order valence-corrected chi connectivity index (χ1v) is 5.49. The maximum atomic E-state index is 12.6. The van der Waals surface area contributed by atoms with E-state index in [4.69, 9.17) is 0 Å². The maximum absolute atomic E-state index is 12.6. The number of halogens is 2. The molecule has 6 heteroatoms. The summed E-state index contributed by atoms with van der Waals surface area (Å²) in [5.41, 5.74) is 0.249. The van der Waals surface area contributed by atoms with Crippen molar-refractivity contribution in [3.05, 3.63) is 52.6 Å². The Balaban J connectivity index is 2.17. The molecule has 1 N–H and O–H groups in total. The van der Waals surface area contributed by atoms with Gasteiger partial charge in [-0.2, -0.15) is 0 Å². The van der Waals surface area contributed by atoms with Crippen LogP contribution in [0.5, 0.6) is 0 Å². The quantitative estimate of drug-likeness (QED) is 0.927. The van der Waals surface area contributed by atoms with Gasteiger partial charge in [0.2, 0.25) is 0 Å². The first kappa shape index (κ1) is 11.7. The van der Waals surface area contributed by atoms with Crippen LogP contribution in [-0.4, -0.2) is 15.9 Å². The zero-order valence-corrected chi connectivity index (χ0v) is 10.1. The Bertz CT molecular complexity index is 545. The molecular formula is C11H7BrFN3O. The van der Waals surface area contributed by atoms with E-state index in [9.17, 15) is 9.18 Å². The molecule has 0 aliphatic rings. The van der Waals surface area contributed by atoms with Crippen LogP contribution >= 0.6 is 15.9 Å². The van der Waals surface area contributed by atoms with Gasteiger partial charge in [0, 0.05) is 10.7 Å². The Labute approximate surface area is 105 Å². The minimum atomic E-state index is -0.456. The molecule has 0 aliphatic carbocycles. The van der Waals surface area contributed by atoms with E-state index >= 15 is 0 Å². The van der Waals surface area contributed by atoms with Crippen LogP contribution in [0.1, 0.15) is 10.5 Å². The normalized spacial score (nSPS) is 10.0. The Kier molecular flexibility index (Phi) is 3.43. The molecule has 0 atom stereocenters. The van der Waals surface area contributed by atoms with Crippen molar-refractivity contribution in [2.24, 2.45) is 0 Å². The SMILES string of the molecule is O=C(Nc1ccc(F)cn1)c1ncccc1Br. The third-order valence-corrected chi connectivity index (χ3v) is 2.58. The minimum absolute atomic E-state index is 0.249. The van der Waals surface area contributed by atoms with Crippen LogP contribution in [0.2, 0.25) is 0 Å². The molecule has 2 heterocycles. The number of nitrogens with zero attached hydrogens (tertiary/aromatic N) is 2. The highest BCUT2D eigenvalue weighted by atomic mass is 79.9. The predicted molar refractivity (Wildman–Crippen MR) is 64.1 cm³/mol. The smallest absolute Gasteiger partial charge is 0.276 e. The lowest BCUT2D eigenvalue weighted by molar-refractivity contribution is 0.102. The fraction of sp³-hybridized carbons (Fsp3) is 0. The fourth-order valence-corrected chi connectivity index (χ4v) is 1.61. The molecule has 0 aliphatic heterocycles. The number of aromatic nitrogens is 2. The molecule has 1 amide bonds. The number of pyridine rings is 2. The molecule has 0 fully saturated rings. The van der Waals surface area contributed by atoms with Gasteiger partial charge in [-0.1, -0.05) is 0 Å². The van der Waals surface area contributed by atoms with Gasteiger partial charge >= 0.3 is 0 Å². The van der Waals surface area contributed by atoms with Crippen LogP contribution in [0.25, 0.3) is 0 Å². The summed E-state index contributed by atoms with van der Waals surface area (Å²) in [6.07, 6.45) is 2.54. The Morgan fingerprint density at radius 1 is 1.29 bits per heavy atom. The van der Waals surface area contributed by atoms with Crippen LogP contribution in [0.4, 0.5) is 10.2 Å². The van der Waals surface area contributed by atoms with Gasteiger partial charge in [0.1, 0.15) is 17.3 Å². The summed E-state index contributed by atoms with van der Waals surface area (Å²) in [5, 5.41) is 2.52. The number of nitrogens with one attached hydrogen (secondary N) is 1. The third kappa shape index (κ3) is 2.85. The standard InChI is InChI=1S/C11H7BrFN3O/c12-8-2-1-5-14-10(8)11(17)16-9-4-3-7(13)6-15-9/h1-6H,(H,15,16,17). The molecule has 0 aromatic carbocycles. The van der Waals surface area contributed by atoms with Gasteiger partial charge in [0.15, 0.2) is 0 Å². The highest BCUT2D eigenvalue weighted by Gasteiger charge is 2.11. The van der Waals surface area contributed by atoms with E-state index in [1.807, 2.05) is 0 Å². The van der Waals surface area contributed by atoms with Crippen molar-refractivity contribution >= 4 is 27.7 Å². The van der Waals surface area contributed by atoms with Crippen LogP contribution in [-0.2, 0) is 0 Å². The molecule has 0 spiro atoms. The van der Waals surface area contributed by atoms with Crippen molar-refractivity contribution in [3.8, 4) is 0 Å². The number of anilines is 1. The molecule has 2 aromatic rings. The zero-order chi connectivity index (χ0) is 12.3. The van der Waals surface area contributed by atoms with Crippen molar-refractivity contribution in [3.63, 3.8) is 0 Å². The first-order chi connectivity index (χ1) is 8.16. The van der Waals surface area contributed by atoms with Crippen molar-refractivity contribution in [2.45, 2.75) is 0 Å². The number of hydrogen-bond acceptors (Lipinski definition) is 3. The molecule has 2 aromatic heterocycles. The third-order valence-electron chi connectivity index (χ3n) is 1.94. The highest BCUT2D eigenvalue weighted by Crippen LogP contribution is 2.14. The van der Waals surface area contributed by atoms with Gasteiger partial charge < -0.3 is 5.32 Å². The molecule has 4 nitrogen and oxygen atoms in total. The minimum Gasteiger partial charge on any atom is -0.305 e. The molecule has 2 rings (SSSR count). The second-order valence-corrected chi connectivity index (χ2v) is 4.00. The van der Waals surface area contributed by atoms with E-state index in [2.05, 4.69) is 31.2 Å². The molecule has 86 valence electrons. The van der Waals surface area contributed by atoms with Crippen molar-refractivity contribution < 1.29 is 9.18 Å². The lowest BCUT2D eigenvalue weighted by atomic mass is 10.3. The number of hydrogen-bond donors (Lipinski definition) is 1. The molecule has 0 unspecified atom stereocenters. The van der Waals surface area contributed by atoms with Gasteiger partial charge in [-0.15, -0.1) is 0 Å². The predicted octanol–water partition coefficient (Wildman–Crippen LogP) is 2.63. The number of rotatable bonds is 2. The summed E-state index contributed by atoms with van der Waals surface area (Å²) in [6.45, 7) is 0. The van der Waals surface area contributed by atoms with Gasteiger partial charge in [-0.05, 0) is 40.2 Å². The van der Waals surface area contributed by atoms with Gasteiger partial charge in [0.05, 0.1) is 6.20 Å². The van der Waals surface area contributed by atoms with E-state index in [1.165, 1.54) is 18.3 Å². The summed E-state index contributed by atoms with van der Waals surface area (Å²) in [4.78, 5) is 19.4. The molecule has 0 bridgehead atoms. The maximum Gasteiger partial charge on any atom is 0.276 e. The lowest BCUT2D eigenvalue weighted by Gasteiger charge is -2.04. The summed E-state index contributed by atoms with van der Waals surface area (Å²) < 4.78 is 13.2. The first-order valence-electron chi connectivity index (χ1n) is 4.70. The van der Waals surface area contributed by atoms with Crippen molar-refractivity contribution in [2.75, 3.05) is 5.32 Å². The highest BCUT2D eigenvalue weighted by molar-refractivity contribution is 9.10. The van der Waals surface area contributed by atoms with E-state index in [-0.39, 0.29) is 11.5 Å². The molecule has 17 heavy (non-hydrogen) atoms. The topological polar surface area (TPSA) is 54.9 Å². The number of carbonyl (C=O) groups excluding carboxylic acids is 1. The van der Waals surface area contributed by atoms with Crippen LogP contribution in [0, 0.1) is 5.82 Å². The van der Waals surface area contributed by atoms with E-state index in [0.29, 0.717) is 4.47 Å². The zero-order valence-electron chi connectivity index (χ0n) is 8.52. The lowest BCUT2D eigenvalue weighted by Crippen LogP contribution is -2.15. The monoisotopic (exact) mass is 295 g/mol. The molecular weight excluding hydrogens is 289 g/mol. The average Bonchev–Trinajstić information content (AvgIpc) is 2.32. The average molecular weight is 296 g/mol. The van der Waals surface area contributed by atoms with Crippen LogP contribution < -0.4 is 5.32 Å². The number of carbonyl (C=O) groups is 1. The van der Waals surface area contributed by atoms with Gasteiger partial charge in [-0.3, -0.25) is 4.79 Å². The fourth-order valence-electron chi connectivity index (χ4n) is 1.18. The Morgan fingerprint density at radius 3 is 2.76 bits per heavy atom. The summed E-state index contributed by atoms with van der Waals surface area (Å²) in [6, 6.07) is 6.01. The number of amides is 1. The Hall–Kier alpha value is -1.82. The van der Waals surface area contributed by atoms with E-state index < -0.39 is 11.7 Å². The summed E-state index contributed by atoms with van der Waals surface area (Å²) in [7, 11) is 0. The van der Waals surface area contributed by atoms with E-state index in [0.717, 1.165) is 6.20 Å². The molecule has 0 radical (unpaired) electrons. The summed E-state index contributed by atoms with van der Waals surface area (Å²) >= 11 is 3.22. The van der Waals surface area contributed by atoms with Crippen molar-refractivity contribution in [1.29, 1.82) is 0 Å². The summed E-state index contributed by atoms with van der Waals surface area (Å²) in [5.74, 6) is -0.590. The molecule has 0 saturated carbocycles. The van der Waals surface area contributed by atoms with Crippen molar-refractivity contribution in [1.82, 2.24) is 9.97 Å². The van der Waals surface area contributed by atoms with Crippen LogP contribution in [0.15, 0.2) is 41.1 Å². The van der Waals surface area contributed by atoms with E-state index in [1.54, 1.807) is 12.1 Å². The van der Waals surface area contributed by atoms with Gasteiger partial charge in [-0.25, -0.2) is 14.4 Å². The second kappa shape index (κ2) is 5.01. The van der Waals surface area contributed by atoms with Gasteiger partial charge in [0.25, 0.3) is 5.91 Å². The molecule has 0 saturated heterocycles. The van der Waals surface area contributed by atoms with Crippen LogP contribution in [0.3, 0.4) is 0 Å². The Morgan fingerprint density at radius 2 is 2.12 bits per heavy atom.